The van der Waals surface area contributed by atoms with Gasteiger partial charge in [0.1, 0.15) is 11.6 Å². The van der Waals surface area contributed by atoms with Gasteiger partial charge in [0.05, 0.1) is 22.6 Å². The zero-order valence-corrected chi connectivity index (χ0v) is 28.7. The molecule has 272 valence electrons. The Morgan fingerprint density at radius 2 is 1.49 bits per heavy atom. The molecule has 4 aromatic rings. The molecule has 1 aliphatic heterocycles. The highest BCUT2D eigenvalue weighted by atomic mass is 32.2. The van der Waals surface area contributed by atoms with Crippen molar-refractivity contribution in [3.05, 3.63) is 130 Å². The number of halogens is 5. The average Bonchev–Trinajstić information content (AvgIpc) is 3.10. The van der Waals surface area contributed by atoms with Gasteiger partial charge in [0.25, 0.3) is 5.91 Å². The molecular formula is C37H39F5N4O4S. The summed E-state index contributed by atoms with van der Waals surface area (Å²) in [6.45, 7) is 2.98. The Bertz CT molecular complexity index is 1900. The molecule has 0 unspecified atom stereocenters. The first-order valence-electron chi connectivity index (χ1n) is 16.5. The summed E-state index contributed by atoms with van der Waals surface area (Å²) in [7, 11) is -3.99. The van der Waals surface area contributed by atoms with E-state index in [2.05, 4.69) is 10.6 Å². The lowest BCUT2D eigenvalue weighted by atomic mass is 10.00. The SMILES string of the molecule is CCc1cccc(CNC[C@@H](O)[C@H](Cc2cc(F)cc(F)c2)NC(=O)c2ccc(S(=O)(=O)N3CCN(c4cccc(C(F)(F)F)c4)CC3)cc2)c1. The Hall–Kier alpha value is -4.37. The minimum Gasteiger partial charge on any atom is -0.390 e. The van der Waals surface area contributed by atoms with Crippen LogP contribution < -0.4 is 15.5 Å². The molecule has 0 aliphatic carbocycles. The number of nitrogens with zero attached hydrogens (tertiary/aromatic N) is 2. The summed E-state index contributed by atoms with van der Waals surface area (Å²) >= 11 is 0. The Kier molecular flexibility index (Phi) is 12.1. The van der Waals surface area contributed by atoms with Crippen LogP contribution in [-0.4, -0.2) is 68.6 Å². The largest absolute Gasteiger partial charge is 0.416 e. The van der Waals surface area contributed by atoms with Crippen LogP contribution in [0.2, 0.25) is 0 Å². The van der Waals surface area contributed by atoms with E-state index < -0.39 is 51.5 Å². The lowest BCUT2D eigenvalue weighted by Gasteiger charge is -2.35. The molecule has 3 N–H and O–H groups in total. The van der Waals surface area contributed by atoms with Gasteiger partial charge in [0, 0.05) is 56.6 Å². The van der Waals surface area contributed by atoms with E-state index in [0.29, 0.717) is 12.2 Å². The highest BCUT2D eigenvalue weighted by molar-refractivity contribution is 7.89. The normalized spacial score (nSPS) is 15.4. The van der Waals surface area contributed by atoms with Crippen LogP contribution in [0.5, 0.6) is 0 Å². The van der Waals surface area contributed by atoms with Crippen molar-refractivity contribution in [2.24, 2.45) is 0 Å². The van der Waals surface area contributed by atoms with E-state index in [0.717, 1.165) is 47.9 Å². The molecule has 4 aromatic carbocycles. The van der Waals surface area contributed by atoms with Gasteiger partial charge in [-0.3, -0.25) is 4.79 Å². The third-order valence-corrected chi connectivity index (χ3v) is 10.7. The fourth-order valence-electron chi connectivity index (χ4n) is 5.98. The number of aliphatic hydroxyl groups is 1. The van der Waals surface area contributed by atoms with Crippen molar-refractivity contribution in [3.63, 3.8) is 0 Å². The molecule has 0 aromatic heterocycles. The molecule has 8 nitrogen and oxygen atoms in total. The molecule has 14 heteroatoms. The number of piperazine rings is 1. The number of hydrogen-bond acceptors (Lipinski definition) is 6. The van der Waals surface area contributed by atoms with E-state index in [1.54, 1.807) is 11.0 Å². The summed E-state index contributed by atoms with van der Waals surface area (Å²) in [5.74, 6) is -2.23. The van der Waals surface area contributed by atoms with Crippen LogP contribution in [0, 0.1) is 11.6 Å². The summed E-state index contributed by atoms with van der Waals surface area (Å²) < 4.78 is 95.6. The van der Waals surface area contributed by atoms with Crippen LogP contribution in [0.4, 0.5) is 27.6 Å². The monoisotopic (exact) mass is 730 g/mol. The van der Waals surface area contributed by atoms with Crippen molar-refractivity contribution >= 4 is 21.6 Å². The zero-order chi connectivity index (χ0) is 36.8. The Morgan fingerprint density at radius 3 is 2.14 bits per heavy atom. The molecule has 1 heterocycles. The van der Waals surface area contributed by atoms with Crippen molar-refractivity contribution in [2.75, 3.05) is 37.6 Å². The van der Waals surface area contributed by atoms with Gasteiger partial charge in [-0.1, -0.05) is 37.3 Å². The van der Waals surface area contributed by atoms with Crippen LogP contribution in [0.15, 0.2) is 95.9 Å². The fourth-order valence-corrected chi connectivity index (χ4v) is 7.40. The number of anilines is 1. The second kappa shape index (κ2) is 16.3. The molecule has 0 saturated carbocycles. The van der Waals surface area contributed by atoms with Gasteiger partial charge in [-0.25, -0.2) is 17.2 Å². The number of nitrogens with one attached hydrogen (secondary N) is 2. The maximum Gasteiger partial charge on any atom is 0.416 e. The average molecular weight is 731 g/mol. The number of carbonyl (C=O) groups excluding carboxylic acids is 1. The first kappa shape index (κ1) is 37.9. The lowest BCUT2D eigenvalue weighted by molar-refractivity contribution is -0.137. The van der Waals surface area contributed by atoms with E-state index in [1.807, 2.05) is 31.2 Å². The first-order chi connectivity index (χ1) is 24.2. The molecule has 51 heavy (non-hydrogen) atoms. The number of alkyl halides is 3. The summed E-state index contributed by atoms with van der Waals surface area (Å²) in [4.78, 5) is 15.0. The van der Waals surface area contributed by atoms with Crippen molar-refractivity contribution in [1.82, 2.24) is 14.9 Å². The summed E-state index contributed by atoms with van der Waals surface area (Å²) in [6.07, 6.45) is -4.88. The number of hydrogen-bond donors (Lipinski definition) is 3. The molecule has 0 bridgehead atoms. The number of amides is 1. The maximum atomic E-state index is 14.0. The number of rotatable bonds is 13. The lowest BCUT2D eigenvalue weighted by Crippen LogP contribution is -2.49. The second-order valence-corrected chi connectivity index (χ2v) is 14.3. The van der Waals surface area contributed by atoms with E-state index in [4.69, 9.17) is 0 Å². The Labute approximate surface area is 294 Å². The van der Waals surface area contributed by atoms with E-state index in [9.17, 15) is 40.3 Å². The highest BCUT2D eigenvalue weighted by Crippen LogP contribution is 2.32. The van der Waals surface area contributed by atoms with Gasteiger partial charge in [-0.15, -0.1) is 0 Å². The smallest absolute Gasteiger partial charge is 0.390 e. The summed E-state index contributed by atoms with van der Waals surface area (Å²) in [6, 6.07) is 20.0. The summed E-state index contributed by atoms with van der Waals surface area (Å²) in [5.41, 5.74) is 2.04. The number of sulfonamides is 1. The van der Waals surface area contributed by atoms with Crippen molar-refractivity contribution < 1.29 is 40.3 Å². The van der Waals surface area contributed by atoms with Crippen LogP contribution >= 0.6 is 0 Å². The van der Waals surface area contributed by atoms with Crippen molar-refractivity contribution in [3.8, 4) is 0 Å². The maximum absolute atomic E-state index is 14.0. The van der Waals surface area contributed by atoms with Crippen LogP contribution in [0.25, 0.3) is 0 Å². The molecule has 1 fully saturated rings. The van der Waals surface area contributed by atoms with Gasteiger partial charge >= 0.3 is 6.18 Å². The molecule has 1 aliphatic rings. The highest BCUT2D eigenvalue weighted by Gasteiger charge is 2.33. The second-order valence-electron chi connectivity index (χ2n) is 12.4. The predicted octanol–water partition coefficient (Wildman–Crippen LogP) is 5.55. The minimum absolute atomic E-state index is 0.0408. The molecular weight excluding hydrogens is 691 g/mol. The molecule has 2 atom stereocenters. The fraction of sp³-hybridized carbons (Fsp3) is 0.324. The number of aryl methyl sites for hydroxylation is 1. The Balaban J connectivity index is 1.23. The Morgan fingerprint density at radius 1 is 0.843 bits per heavy atom. The van der Waals surface area contributed by atoms with E-state index in [-0.39, 0.29) is 55.2 Å². The van der Waals surface area contributed by atoms with Crippen LogP contribution in [-0.2, 0) is 35.6 Å². The zero-order valence-electron chi connectivity index (χ0n) is 27.8. The first-order valence-corrected chi connectivity index (χ1v) is 17.9. The van der Waals surface area contributed by atoms with Gasteiger partial charge in [-0.05, 0) is 84.1 Å². The van der Waals surface area contributed by atoms with Gasteiger partial charge < -0.3 is 20.6 Å². The number of aliphatic hydroxyl groups excluding tert-OH is 1. The third-order valence-electron chi connectivity index (χ3n) is 8.77. The third kappa shape index (κ3) is 9.91. The quantitative estimate of drug-likeness (QED) is 0.156. The minimum atomic E-state index is -4.50. The number of benzene rings is 4. The van der Waals surface area contributed by atoms with Crippen molar-refractivity contribution in [2.45, 2.75) is 49.5 Å². The van der Waals surface area contributed by atoms with Crippen LogP contribution in [0.3, 0.4) is 0 Å². The number of carbonyl (C=O) groups is 1. The van der Waals surface area contributed by atoms with Gasteiger partial charge in [0.15, 0.2) is 0 Å². The van der Waals surface area contributed by atoms with E-state index >= 15 is 0 Å². The molecule has 1 amide bonds. The molecule has 0 spiro atoms. The topological polar surface area (TPSA) is 102 Å². The molecule has 0 radical (unpaired) electrons. The standard InChI is InChI=1S/C37H39F5N4O4S/c1-2-25-5-3-6-26(17-25)23-43-24-35(47)34(20-27-18-30(38)22-31(39)19-27)44-36(48)28-9-11-33(12-10-28)51(49,50)46-15-13-45(14-16-46)32-8-4-7-29(21-32)37(40,41)42/h3-12,17-19,21-22,34-35,43,47H,2,13-16,20,23-24H2,1H3,(H,44,48)/t34-,35+/m0/s1. The molecule has 5 rings (SSSR count). The van der Waals surface area contributed by atoms with Crippen LogP contribution in [0.1, 0.15) is 39.5 Å². The van der Waals surface area contributed by atoms with E-state index in [1.165, 1.54) is 34.6 Å². The molecule has 1 saturated heterocycles. The predicted molar refractivity (Wildman–Crippen MR) is 184 cm³/mol. The van der Waals surface area contributed by atoms with Gasteiger partial charge in [0.2, 0.25) is 10.0 Å². The summed E-state index contributed by atoms with van der Waals surface area (Å²) in [5, 5.41) is 17.0. The van der Waals surface area contributed by atoms with Crippen molar-refractivity contribution in [1.29, 1.82) is 0 Å². The van der Waals surface area contributed by atoms with Gasteiger partial charge in [-0.2, -0.15) is 17.5 Å².